The lowest BCUT2D eigenvalue weighted by Crippen LogP contribution is -2.46. The highest BCUT2D eigenvalue weighted by atomic mass is 16.2. The summed E-state index contributed by atoms with van der Waals surface area (Å²) in [5, 5.41) is 3.12. The third kappa shape index (κ3) is 5.06. The zero-order valence-electron chi connectivity index (χ0n) is 18.6. The number of nitrogens with zero attached hydrogens (tertiary/aromatic N) is 5. The maximum atomic E-state index is 13.1. The van der Waals surface area contributed by atoms with E-state index in [1.54, 1.807) is 10.8 Å². The maximum absolute atomic E-state index is 13.1. The highest BCUT2D eigenvalue weighted by Crippen LogP contribution is 2.21. The Morgan fingerprint density at radius 3 is 2.84 bits per heavy atom. The molecule has 1 unspecified atom stereocenters. The first-order chi connectivity index (χ1) is 15.2. The number of fused-ring (bicyclic) bond motifs is 1. The molecule has 0 saturated carbocycles. The molecule has 4 rings (SSSR count). The van der Waals surface area contributed by atoms with Crippen molar-refractivity contribution < 1.29 is 4.79 Å². The van der Waals surface area contributed by atoms with Gasteiger partial charge in [0, 0.05) is 32.4 Å². The highest BCUT2D eigenvalue weighted by molar-refractivity contribution is 5.79. The Bertz CT molecular complexity index is 953. The van der Waals surface area contributed by atoms with Crippen LogP contribution in [0.3, 0.4) is 0 Å². The lowest BCUT2D eigenvalue weighted by atomic mass is 9.97. The second kappa shape index (κ2) is 10.2. The van der Waals surface area contributed by atoms with Crippen molar-refractivity contribution in [3.8, 4) is 0 Å². The van der Waals surface area contributed by atoms with Crippen LogP contribution in [0.5, 0.6) is 0 Å². The monoisotopic (exact) mass is 426 g/mol. The Balaban J connectivity index is 1.37. The predicted molar refractivity (Wildman–Crippen MR) is 122 cm³/mol. The molecule has 2 aliphatic heterocycles. The largest absolute Gasteiger partial charge is 0.356 e. The van der Waals surface area contributed by atoms with Crippen molar-refractivity contribution >= 4 is 22.9 Å². The van der Waals surface area contributed by atoms with Gasteiger partial charge in [-0.25, -0.2) is 9.97 Å². The van der Waals surface area contributed by atoms with Crippen LogP contribution in [0.15, 0.2) is 23.1 Å². The minimum absolute atomic E-state index is 0.0987. The number of aryl methyl sites for hydroxylation is 1. The summed E-state index contributed by atoms with van der Waals surface area (Å²) in [4.78, 5) is 39.3. The van der Waals surface area contributed by atoms with Gasteiger partial charge in [0.15, 0.2) is 11.5 Å². The highest BCUT2D eigenvalue weighted by Gasteiger charge is 2.28. The number of aromatic nitrogens is 3. The van der Waals surface area contributed by atoms with Crippen LogP contribution < -0.4 is 15.8 Å². The second-order valence-corrected chi connectivity index (χ2v) is 8.66. The summed E-state index contributed by atoms with van der Waals surface area (Å²) in [6, 6.07) is 3.72. The molecular weight excluding hydrogens is 392 g/mol. The third-order valence-corrected chi connectivity index (χ3v) is 6.49. The van der Waals surface area contributed by atoms with E-state index in [0.717, 1.165) is 32.4 Å². The molecular formula is C23H34N6O2. The Hall–Kier alpha value is -2.48. The van der Waals surface area contributed by atoms with Gasteiger partial charge in [0.2, 0.25) is 5.91 Å². The van der Waals surface area contributed by atoms with E-state index in [0.29, 0.717) is 36.6 Å². The number of carbonyl (C=O) groups is 1. The van der Waals surface area contributed by atoms with E-state index in [-0.39, 0.29) is 17.4 Å². The molecule has 1 N–H and O–H groups in total. The molecule has 2 saturated heterocycles. The van der Waals surface area contributed by atoms with Crippen LogP contribution in [0.25, 0.3) is 11.2 Å². The van der Waals surface area contributed by atoms with Crippen LogP contribution >= 0.6 is 0 Å². The van der Waals surface area contributed by atoms with Crippen LogP contribution in [-0.2, 0) is 11.3 Å². The molecule has 2 aromatic heterocycles. The molecule has 0 aromatic carbocycles. The van der Waals surface area contributed by atoms with Gasteiger partial charge in [-0.15, -0.1) is 0 Å². The summed E-state index contributed by atoms with van der Waals surface area (Å²) in [5.74, 6) is 0.427. The van der Waals surface area contributed by atoms with Crippen LogP contribution in [0, 0.1) is 5.92 Å². The normalized spacial score (nSPS) is 20.2. The van der Waals surface area contributed by atoms with Gasteiger partial charge in [0.05, 0.1) is 5.92 Å². The molecule has 0 bridgehead atoms. The van der Waals surface area contributed by atoms with E-state index in [1.165, 1.54) is 32.4 Å². The quantitative estimate of drug-likeness (QED) is 0.682. The van der Waals surface area contributed by atoms with E-state index >= 15 is 0 Å². The summed E-state index contributed by atoms with van der Waals surface area (Å²) >= 11 is 0. The SMILES string of the molecule is CCn1c(=O)c(N2CCCC(C(=O)NCCCN3CCCCC3)C2)nc2cccnc21. The Kier molecular flexibility index (Phi) is 7.17. The summed E-state index contributed by atoms with van der Waals surface area (Å²) in [7, 11) is 0. The fourth-order valence-corrected chi connectivity index (χ4v) is 4.79. The molecule has 1 amide bonds. The number of rotatable bonds is 7. The lowest BCUT2D eigenvalue weighted by molar-refractivity contribution is -0.125. The molecule has 31 heavy (non-hydrogen) atoms. The summed E-state index contributed by atoms with van der Waals surface area (Å²) in [6.45, 7) is 7.92. The van der Waals surface area contributed by atoms with Crippen molar-refractivity contribution in [2.45, 2.75) is 52.0 Å². The smallest absolute Gasteiger partial charge is 0.295 e. The Labute approximate surface area is 183 Å². The zero-order valence-corrected chi connectivity index (χ0v) is 18.6. The Morgan fingerprint density at radius 2 is 2.03 bits per heavy atom. The summed E-state index contributed by atoms with van der Waals surface area (Å²) in [6.07, 6.45) is 8.34. The van der Waals surface area contributed by atoms with Crippen molar-refractivity contribution in [3.05, 3.63) is 28.7 Å². The number of nitrogens with one attached hydrogen (secondary N) is 1. The average molecular weight is 427 g/mol. The summed E-state index contributed by atoms with van der Waals surface area (Å²) < 4.78 is 1.67. The standard InChI is InChI=1S/C23H34N6O2/c1-2-29-20-19(10-6-11-24-20)26-21(23(29)31)28-16-7-9-18(17-28)22(30)25-12-8-15-27-13-4-3-5-14-27/h6,10-11,18H,2-5,7-9,12-17H2,1H3,(H,25,30). The fraction of sp³-hybridized carbons (Fsp3) is 0.652. The number of pyridine rings is 1. The summed E-state index contributed by atoms with van der Waals surface area (Å²) in [5.41, 5.74) is 1.19. The minimum Gasteiger partial charge on any atom is -0.356 e. The molecule has 0 aliphatic carbocycles. The third-order valence-electron chi connectivity index (χ3n) is 6.49. The van der Waals surface area contributed by atoms with Crippen LogP contribution in [-0.4, -0.2) is 64.6 Å². The van der Waals surface area contributed by atoms with Gasteiger partial charge in [0.25, 0.3) is 5.56 Å². The fourth-order valence-electron chi connectivity index (χ4n) is 4.79. The molecule has 2 fully saturated rings. The first kappa shape index (κ1) is 21.7. The molecule has 0 radical (unpaired) electrons. The van der Waals surface area contributed by atoms with Gasteiger partial charge < -0.3 is 15.1 Å². The maximum Gasteiger partial charge on any atom is 0.295 e. The number of anilines is 1. The molecule has 0 spiro atoms. The number of likely N-dealkylation sites (tertiary alicyclic amines) is 1. The van der Waals surface area contributed by atoms with Crippen molar-refractivity contribution in [3.63, 3.8) is 0 Å². The van der Waals surface area contributed by atoms with E-state index in [1.807, 2.05) is 24.0 Å². The number of hydrogen-bond acceptors (Lipinski definition) is 6. The number of carbonyl (C=O) groups excluding carboxylic acids is 1. The number of amides is 1. The molecule has 168 valence electrons. The average Bonchev–Trinajstić information content (AvgIpc) is 2.82. The molecule has 2 aromatic rings. The van der Waals surface area contributed by atoms with Gasteiger partial charge in [-0.3, -0.25) is 14.2 Å². The van der Waals surface area contributed by atoms with E-state index in [4.69, 9.17) is 0 Å². The Morgan fingerprint density at radius 1 is 1.19 bits per heavy atom. The lowest BCUT2D eigenvalue weighted by Gasteiger charge is -2.32. The van der Waals surface area contributed by atoms with Crippen molar-refractivity contribution in [1.29, 1.82) is 0 Å². The number of piperidine rings is 2. The van der Waals surface area contributed by atoms with Crippen molar-refractivity contribution in [2.24, 2.45) is 5.92 Å². The van der Waals surface area contributed by atoms with Gasteiger partial charge in [-0.1, -0.05) is 6.42 Å². The van der Waals surface area contributed by atoms with E-state index in [2.05, 4.69) is 20.2 Å². The topological polar surface area (TPSA) is 83.4 Å². The molecule has 8 nitrogen and oxygen atoms in total. The number of hydrogen-bond donors (Lipinski definition) is 1. The predicted octanol–water partition coefficient (Wildman–Crippen LogP) is 2.02. The second-order valence-electron chi connectivity index (χ2n) is 8.66. The van der Waals surface area contributed by atoms with Crippen LogP contribution in [0.2, 0.25) is 0 Å². The van der Waals surface area contributed by atoms with Gasteiger partial charge in [-0.2, -0.15) is 0 Å². The van der Waals surface area contributed by atoms with Crippen molar-refractivity contribution in [2.75, 3.05) is 44.2 Å². The van der Waals surface area contributed by atoms with Crippen LogP contribution in [0.4, 0.5) is 5.82 Å². The minimum atomic E-state index is -0.128. The first-order valence-electron chi connectivity index (χ1n) is 11.8. The molecule has 8 heteroatoms. The zero-order chi connectivity index (χ0) is 21.6. The van der Waals surface area contributed by atoms with E-state index < -0.39 is 0 Å². The van der Waals surface area contributed by atoms with Crippen LogP contribution in [0.1, 0.15) is 45.4 Å². The molecule has 1 atom stereocenters. The van der Waals surface area contributed by atoms with Crippen molar-refractivity contribution in [1.82, 2.24) is 24.8 Å². The van der Waals surface area contributed by atoms with Gasteiger partial charge in [0.1, 0.15) is 5.52 Å². The van der Waals surface area contributed by atoms with Gasteiger partial charge >= 0.3 is 0 Å². The van der Waals surface area contributed by atoms with Gasteiger partial charge in [-0.05, 0) is 70.8 Å². The van der Waals surface area contributed by atoms with E-state index in [9.17, 15) is 9.59 Å². The molecule has 2 aliphatic rings. The molecule has 4 heterocycles. The first-order valence-corrected chi connectivity index (χ1v) is 11.8.